The Labute approximate surface area is 135 Å². The lowest BCUT2D eigenvalue weighted by atomic mass is 10.0. The lowest BCUT2D eigenvalue weighted by molar-refractivity contribution is 0.173. The summed E-state index contributed by atoms with van der Waals surface area (Å²) in [4.78, 5) is 14.1. The van der Waals surface area contributed by atoms with Crippen LogP contribution < -0.4 is 14.8 Å². The SMILES string of the molecule is CS(=O)(=O)CCNC(=O)N1CCC[C@H]1c1ccc2c(c1)OCO2. The van der Waals surface area contributed by atoms with Gasteiger partial charge in [0.2, 0.25) is 6.79 Å². The van der Waals surface area contributed by atoms with Crippen LogP contribution >= 0.6 is 0 Å². The molecule has 1 saturated heterocycles. The molecule has 0 bridgehead atoms. The summed E-state index contributed by atoms with van der Waals surface area (Å²) in [6, 6.07) is 5.46. The number of nitrogens with zero attached hydrogens (tertiary/aromatic N) is 1. The first-order valence-corrected chi connectivity index (χ1v) is 9.62. The summed E-state index contributed by atoms with van der Waals surface area (Å²) in [5.74, 6) is 1.36. The van der Waals surface area contributed by atoms with Crippen molar-refractivity contribution in [1.82, 2.24) is 10.2 Å². The molecule has 2 aliphatic heterocycles. The van der Waals surface area contributed by atoms with E-state index in [1.54, 1.807) is 4.90 Å². The maximum Gasteiger partial charge on any atom is 0.317 e. The number of likely N-dealkylation sites (tertiary alicyclic amines) is 1. The number of hydrogen-bond donors (Lipinski definition) is 1. The maximum atomic E-state index is 12.3. The molecule has 1 aromatic rings. The molecule has 126 valence electrons. The number of rotatable bonds is 4. The highest BCUT2D eigenvalue weighted by atomic mass is 32.2. The molecule has 2 heterocycles. The summed E-state index contributed by atoms with van der Waals surface area (Å²) in [5.41, 5.74) is 1.00. The quantitative estimate of drug-likeness (QED) is 0.893. The summed E-state index contributed by atoms with van der Waals surface area (Å²) in [7, 11) is -3.08. The highest BCUT2D eigenvalue weighted by Gasteiger charge is 2.31. The van der Waals surface area contributed by atoms with E-state index in [1.165, 1.54) is 0 Å². The molecule has 8 heteroatoms. The molecule has 0 aliphatic carbocycles. The van der Waals surface area contributed by atoms with E-state index in [4.69, 9.17) is 9.47 Å². The predicted octanol–water partition coefficient (Wildman–Crippen LogP) is 1.31. The number of carbonyl (C=O) groups excluding carboxylic acids is 1. The average molecular weight is 340 g/mol. The van der Waals surface area contributed by atoms with Crippen LogP contribution in [-0.2, 0) is 9.84 Å². The standard InChI is InChI=1S/C15H20N2O5S/c1-23(19,20)8-6-16-15(18)17-7-2-3-12(17)11-4-5-13-14(9-11)22-10-21-13/h4-5,9,12H,2-3,6-8,10H2,1H3,(H,16,18)/t12-/m0/s1. The summed E-state index contributed by atoms with van der Waals surface area (Å²) in [6.45, 7) is 1.00. The van der Waals surface area contributed by atoms with Crippen molar-refractivity contribution in [1.29, 1.82) is 0 Å². The van der Waals surface area contributed by atoms with Crippen LogP contribution in [0.5, 0.6) is 11.5 Å². The van der Waals surface area contributed by atoms with E-state index in [0.29, 0.717) is 12.3 Å². The van der Waals surface area contributed by atoms with Crippen molar-refractivity contribution in [3.05, 3.63) is 23.8 Å². The Morgan fingerprint density at radius 1 is 1.35 bits per heavy atom. The van der Waals surface area contributed by atoms with Crippen LogP contribution in [0.1, 0.15) is 24.4 Å². The van der Waals surface area contributed by atoms with Crippen molar-refractivity contribution in [2.24, 2.45) is 0 Å². The van der Waals surface area contributed by atoms with Gasteiger partial charge in [-0.2, -0.15) is 0 Å². The Kier molecular flexibility index (Phi) is 4.34. The fraction of sp³-hybridized carbons (Fsp3) is 0.533. The number of sulfone groups is 1. The minimum atomic E-state index is -3.08. The molecular formula is C15H20N2O5S. The zero-order valence-electron chi connectivity index (χ0n) is 12.9. The number of urea groups is 1. The molecule has 23 heavy (non-hydrogen) atoms. The van der Waals surface area contributed by atoms with Crippen LogP contribution in [0.3, 0.4) is 0 Å². The molecule has 2 amide bonds. The minimum Gasteiger partial charge on any atom is -0.454 e. The molecule has 2 aliphatic rings. The fourth-order valence-electron chi connectivity index (χ4n) is 2.92. The van der Waals surface area contributed by atoms with Gasteiger partial charge in [0.15, 0.2) is 11.5 Å². The van der Waals surface area contributed by atoms with Crippen LogP contribution in [0.15, 0.2) is 18.2 Å². The van der Waals surface area contributed by atoms with Crippen LogP contribution in [0.2, 0.25) is 0 Å². The van der Waals surface area contributed by atoms with Gasteiger partial charge in [-0.25, -0.2) is 13.2 Å². The molecule has 0 saturated carbocycles. The monoisotopic (exact) mass is 340 g/mol. The normalized spacial score (nSPS) is 19.9. The average Bonchev–Trinajstić information content (AvgIpc) is 3.13. The van der Waals surface area contributed by atoms with Gasteiger partial charge < -0.3 is 19.7 Å². The molecule has 0 spiro atoms. The maximum absolute atomic E-state index is 12.3. The van der Waals surface area contributed by atoms with Gasteiger partial charge >= 0.3 is 6.03 Å². The second-order valence-electron chi connectivity index (χ2n) is 5.83. The molecule has 0 unspecified atom stereocenters. The van der Waals surface area contributed by atoms with Gasteiger partial charge in [-0.3, -0.25) is 0 Å². The summed E-state index contributed by atoms with van der Waals surface area (Å²) in [6.07, 6.45) is 2.95. The Morgan fingerprint density at radius 2 is 2.13 bits per heavy atom. The van der Waals surface area contributed by atoms with Crippen molar-refractivity contribution in [3.8, 4) is 11.5 Å². The number of ether oxygens (including phenoxy) is 2. The van der Waals surface area contributed by atoms with E-state index in [-0.39, 0.29) is 31.2 Å². The van der Waals surface area contributed by atoms with Gasteiger partial charge in [-0.15, -0.1) is 0 Å². The summed E-state index contributed by atoms with van der Waals surface area (Å²) in [5, 5.41) is 2.69. The molecular weight excluding hydrogens is 320 g/mol. The number of fused-ring (bicyclic) bond motifs is 1. The topological polar surface area (TPSA) is 84.9 Å². The van der Waals surface area contributed by atoms with Crippen molar-refractivity contribution >= 4 is 15.9 Å². The van der Waals surface area contributed by atoms with E-state index in [2.05, 4.69) is 5.32 Å². The first kappa shape index (κ1) is 15.9. The van der Waals surface area contributed by atoms with Crippen molar-refractivity contribution < 1.29 is 22.7 Å². The molecule has 1 N–H and O–H groups in total. The number of nitrogens with one attached hydrogen (secondary N) is 1. The highest BCUT2D eigenvalue weighted by Crippen LogP contribution is 2.38. The van der Waals surface area contributed by atoms with Gasteiger partial charge in [0.25, 0.3) is 0 Å². The summed E-state index contributed by atoms with van der Waals surface area (Å²) < 4.78 is 33.0. The third-order valence-corrected chi connectivity index (χ3v) is 4.99. The van der Waals surface area contributed by atoms with Gasteiger partial charge in [-0.1, -0.05) is 6.07 Å². The Balaban J connectivity index is 1.66. The minimum absolute atomic E-state index is 0.0252. The molecule has 0 radical (unpaired) electrons. The first-order valence-electron chi connectivity index (χ1n) is 7.56. The smallest absolute Gasteiger partial charge is 0.317 e. The Hall–Kier alpha value is -1.96. The van der Waals surface area contributed by atoms with E-state index in [9.17, 15) is 13.2 Å². The van der Waals surface area contributed by atoms with Crippen LogP contribution in [-0.4, -0.2) is 51.2 Å². The number of amides is 2. The molecule has 7 nitrogen and oxygen atoms in total. The summed E-state index contributed by atoms with van der Waals surface area (Å²) >= 11 is 0. The largest absolute Gasteiger partial charge is 0.454 e. The predicted molar refractivity (Wildman–Crippen MR) is 84.4 cm³/mol. The zero-order valence-corrected chi connectivity index (χ0v) is 13.8. The van der Waals surface area contributed by atoms with E-state index in [1.807, 2.05) is 18.2 Å². The first-order chi connectivity index (χ1) is 10.9. The van der Waals surface area contributed by atoms with Crippen LogP contribution in [0.25, 0.3) is 0 Å². The van der Waals surface area contributed by atoms with E-state index < -0.39 is 9.84 Å². The highest BCUT2D eigenvalue weighted by molar-refractivity contribution is 7.90. The van der Waals surface area contributed by atoms with Crippen molar-refractivity contribution in [2.45, 2.75) is 18.9 Å². The van der Waals surface area contributed by atoms with E-state index in [0.717, 1.165) is 30.4 Å². The van der Waals surface area contributed by atoms with Crippen molar-refractivity contribution in [3.63, 3.8) is 0 Å². The lowest BCUT2D eigenvalue weighted by Crippen LogP contribution is -2.41. The zero-order chi connectivity index (χ0) is 16.4. The third kappa shape index (κ3) is 3.69. The Bertz CT molecular complexity index is 704. The molecule has 0 aromatic heterocycles. The number of hydrogen-bond acceptors (Lipinski definition) is 5. The fourth-order valence-corrected chi connectivity index (χ4v) is 3.39. The van der Waals surface area contributed by atoms with Gasteiger partial charge in [0.1, 0.15) is 9.84 Å². The Morgan fingerprint density at radius 3 is 2.91 bits per heavy atom. The second-order valence-corrected chi connectivity index (χ2v) is 8.09. The number of carbonyl (C=O) groups is 1. The number of benzene rings is 1. The third-order valence-electron chi connectivity index (χ3n) is 4.04. The van der Waals surface area contributed by atoms with Crippen LogP contribution in [0.4, 0.5) is 4.79 Å². The van der Waals surface area contributed by atoms with E-state index >= 15 is 0 Å². The second kappa shape index (κ2) is 6.27. The van der Waals surface area contributed by atoms with Gasteiger partial charge in [-0.05, 0) is 30.5 Å². The molecule has 1 aromatic carbocycles. The molecule has 3 rings (SSSR count). The molecule has 1 fully saturated rings. The van der Waals surface area contributed by atoms with Gasteiger partial charge in [0, 0.05) is 19.3 Å². The van der Waals surface area contributed by atoms with Crippen molar-refractivity contribution in [2.75, 3.05) is 31.9 Å². The van der Waals surface area contributed by atoms with Crippen LogP contribution in [0, 0.1) is 0 Å². The lowest BCUT2D eigenvalue weighted by Gasteiger charge is -2.25. The van der Waals surface area contributed by atoms with Gasteiger partial charge in [0.05, 0.1) is 11.8 Å². The molecule has 1 atom stereocenters.